The van der Waals surface area contributed by atoms with Crippen LogP contribution >= 0.6 is 0 Å². The second-order valence-corrected chi connectivity index (χ2v) is 6.97. The van der Waals surface area contributed by atoms with Crippen LogP contribution in [0.25, 0.3) is 0 Å². The van der Waals surface area contributed by atoms with E-state index in [-0.39, 0.29) is 17.8 Å². The highest BCUT2D eigenvalue weighted by Crippen LogP contribution is 2.21. The highest BCUT2D eigenvalue weighted by molar-refractivity contribution is 5.99. The van der Waals surface area contributed by atoms with Gasteiger partial charge in [-0.25, -0.2) is 9.59 Å². The zero-order valence-electron chi connectivity index (χ0n) is 18.3. The number of hydrogen-bond donors (Lipinski definition) is 3. The van der Waals surface area contributed by atoms with Crippen LogP contribution in [0.1, 0.15) is 50.2 Å². The maximum atomic E-state index is 12.3. The van der Waals surface area contributed by atoms with E-state index in [9.17, 15) is 19.2 Å². The molecule has 0 atom stereocenters. The lowest BCUT2D eigenvalue weighted by molar-refractivity contribution is -0.126. The molecule has 0 radical (unpaired) electrons. The van der Waals surface area contributed by atoms with Crippen LogP contribution in [0.4, 0.5) is 5.69 Å². The lowest BCUT2D eigenvalue weighted by Gasteiger charge is -2.11. The Balaban J connectivity index is 1.89. The fourth-order valence-electron chi connectivity index (χ4n) is 3.02. The number of hydrogen-bond acceptors (Lipinski definition) is 6. The molecule has 0 saturated carbocycles. The van der Waals surface area contributed by atoms with E-state index in [1.54, 1.807) is 13.0 Å². The van der Waals surface area contributed by atoms with Crippen molar-refractivity contribution in [2.24, 2.45) is 0 Å². The molecule has 166 valence electrons. The minimum atomic E-state index is -0.780. The lowest BCUT2D eigenvalue weighted by Crippen LogP contribution is -2.35. The van der Waals surface area contributed by atoms with Crippen LogP contribution in [0, 0.1) is 20.8 Å². The average Bonchev–Trinajstić information content (AvgIpc) is 3.09. The third kappa shape index (κ3) is 5.71. The van der Waals surface area contributed by atoms with E-state index in [0.717, 1.165) is 11.1 Å². The van der Waals surface area contributed by atoms with Gasteiger partial charge in [0, 0.05) is 11.4 Å². The number of nitrogens with one attached hydrogen (secondary N) is 3. The SMILES string of the molecule is CCc1[nH]c(C(=O)OCC(=O)NCC(=O)Nc2cccc(C)c2C)c(C)c1C(=O)OC. The van der Waals surface area contributed by atoms with Gasteiger partial charge in [0.2, 0.25) is 5.91 Å². The summed E-state index contributed by atoms with van der Waals surface area (Å²) in [4.78, 5) is 51.2. The fraction of sp³-hybridized carbons (Fsp3) is 0.364. The first-order chi connectivity index (χ1) is 14.7. The van der Waals surface area contributed by atoms with Crippen LogP contribution in [-0.4, -0.2) is 49.0 Å². The summed E-state index contributed by atoms with van der Waals surface area (Å²) in [5.41, 5.74) is 3.94. The van der Waals surface area contributed by atoms with E-state index in [1.807, 2.05) is 32.9 Å². The molecule has 0 unspecified atom stereocenters. The number of aryl methyl sites for hydroxylation is 2. The van der Waals surface area contributed by atoms with Gasteiger partial charge in [0.25, 0.3) is 5.91 Å². The molecule has 0 aliphatic rings. The number of aromatic nitrogens is 1. The molecule has 2 rings (SSSR count). The van der Waals surface area contributed by atoms with Crippen LogP contribution in [0.3, 0.4) is 0 Å². The second kappa shape index (κ2) is 10.4. The maximum absolute atomic E-state index is 12.3. The van der Waals surface area contributed by atoms with E-state index in [4.69, 9.17) is 9.47 Å². The summed E-state index contributed by atoms with van der Waals surface area (Å²) < 4.78 is 9.76. The molecule has 2 amide bonds. The summed E-state index contributed by atoms with van der Waals surface area (Å²) in [6.07, 6.45) is 0.481. The van der Waals surface area contributed by atoms with Crippen LogP contribution < -0.4 is 10.6 Å². The highest BCUT2D eigenvalue weighted by atomic mass is 16.5. The topological polar surface area (TPSA) is 127 Å². The summed E-state index contributed by atoms with van der Waals surface area (Å²) in [5, 5.41) is 5.13. The van der Waals surface area contributed by atoms with Crippen molar-refractivity contribution in [3.8, 4) is 0 Å². The largest absolute Gasteiger partial charge is 0.465 e. The Morgan fingerprint density at radius 2 is 1.71 bits per heavy atom. The molecule has 1 heterocycles. The van der Waals surface area contributed by atoms with Crippen molar-refractivity contribution in [1.29, 1.82) is 0 Å². The third-order valence-corrected chi connectivity index (χ3v) is 4.93. The molecule has 0 fully saturated rings. The van der Waals surface area contributed by atoms with Crippen molar-refractivity contribution < 1.29 is 28.7 Å². The first-order valence-electron chi connectivity index (χ1n) is 9.79. The zero-order valence-corrected chi connectivity index (χ0v) is 18.3. The molecule has 0 aliphatic carbocycles. The zero-order chi connectivity index (χ0) is 23.1. The van der Waals surface area contributed by atoms with Crippen molar-refractivity contribution in [3.05, 3.63) is 51.8 Å². The lowest BCUT2D eigenvalue weighted by atomic mass is 10.1. The first kappa shape index (κ1) is 23.7. The summed E-state index contributed by atoms with van der Waals surface area (Å²) in [7, 11) is 1.26. The number of carbonyl (C=O) groups excluding carboxylic acids is 4. The van der Waals surface area contributed by atoms with E-state index < -0.39 is 30.4 Å². The number of esters is 2. The number of rotatable bonds is 8. The second-order valence-electron chi connectivity index (χ2n) is 6.97. The Labute approximate surface area is 180 Å². The van der Waals surface area contributed by atoms with E-state index in [0.29, 0.717) is 23.4 Å². The molecule has 0 bridgehead atoms. The first-order valence-corrected chi connectivity index (χ1v) is 9.79. The van der Waals surface area contributed by atoms with Gasteiger partial charge in [-0.3, -0.25) is 9.59 Å². The van der Waals surface area contributed by atoms with Gasteiger partial charge in [-0.2, -0.15) is 0 Å². The van der Waals surface area contributed by atoms with Crippen LogP contribution in [0.2, 0.25) is 0 Å². The van der Waals surface area contributed by atoms with Gasteiger partial charge >= 0.3 is 11.9 Å². The summed E-state index contributed by atoms with van der Waals surface area (Å²) in [6, 6.07) is 5.54. The Kier molecular flexibility index (Phi) is 7.95. The number of methoxy groups -OCH3 is 1. The standard InChI is InChI=1S/C22H27N3O6/c1-6-15-19(21(28)30-5)14(4)20(25-15)22(29)31-11-18(27)23-10-17(26)24-16-9-7-8-12(2)13(16)3/h7-9,25H,6,10-11H2,1-5H3,(H,23,27)(H,24,26). The van der Waals surface area contributed by atoms with Crippen molar-refractivity contribution >= 4 is 29.4 Å². The summed E-state index contributed by atoms with van der Waals surface area (Å²) in [6.45, 7) is 6.41. The van der Waals surface area contributed by atoms with Crippen LogP contribution in [-0.2, 0) is 25.5 Å². The predicted molar refractivity (Wildman–Crippen MR) is 114 cm³/mol. The van der Waals surface area contributed by atoms with Gasteiger partial charge in [0.05, 0.1) is 19.2 Å². The molecule has 1 aromatic carbocycles. The molecule has 0 saturated heterocycles. The summed E-state index contributed by atoms with van der Waals surface area (Å²) >= 11 is 0. The quantitative estimate of drug-likeness (QED) is 0.552. The van der Waals surface area contributed by atoms with Crippen molar-refractivity contribution in [1.82, 2.24) is 10.3 Å². The van der Waals surface area contributed by atoms with Gasteiger partial charge in [-0.15, -0.1) is 0 Å². The number of H-pyrrole nitrogens is 1. The van der Waals surface area contributed by atoms with Crippen LogP contribution in [0.15, 0.2) is 18.2 Å². The van der Waals surface area contributed by atoms with Crippen molar-refractivity contribution in [3.63, 3.8) is 0 Å². The Hall–Kier alpha value is -3.62. The number of benzene rings is 1. The number of aromatic amines is 1. The summed E-state index contributed by atoms with van der Waals surface area (Å²) in [5.74, 6) is -2.36. The molecule has 0 aliphatic heterocycles. The monoisotopic (exact) mass is 429 g/mol. The minimum Gasteiger partial charge on any atom is -0.465 e. The Morgan fingerprint density at radius 1 is 1.00 bits per heavy atom. The van der Waals surface area contributed by atoms with Gasteiger partial charge in [-0.05, 0) is 49.9 Å². The predicted octanol–water partition coefficient (Wildman–Crippen LogP) is 2.20. The van der Waals surface area contributed by atoms with E-state index >= 15 is 0 Å². The molecule has 9 nitrogen and oxygen atoms in total. The Morgan fingerprint density at radius 3 is 2.35 bits per heavy atom. The molecule has 9 heteroatoms. The van der Waals surface area contributed by atoms with Gasteiger partial charge < -0.3 is 25.1 Å². The van der Waals surface area contributed by atoms with Gasteiger partial charge in [-0.1, -0.05) is 19.1 Å². The molecular formula is C22H27N3O6. The van der Waals surface area contributed by atoms with Crippen molar-refractivity contribution in [2.45, 2.75) is 34.1 Å². The number of ether oxygens (including phenoxy) is 2. The number of amides is 2. The number of anilines is 1. The minimum absolute atomic E-state index is 0.0812. The third-order valence-electron chi connectivity index (χ3n) is 4.93. The molecule has 1 aromatic heterocycles. The molecular weight excluding hydrogens is 402 g/mol. The maximum Gasteiger partial charge on any atom is 0.355 e. The van der Waals surface area contributed by atoms with E-state index in [1.165, 1.54) is 7.11 Å². The highest BCUT2D eigenvalue weighted by Gasteiger charge is 2.25. The normalized spacial score (nSPS) is 10.4. The average molecular weight is 429 g/mol. The van der Waals surface area contributed by atoms with E-state index in [2.05, 4.69) is 15.6 Å². The van der Waals surface area contributed by atoms with Crippen molar-refractivity contribution in [2.75, 3.05) is 25.6 Å². The molecule has 0 spiro atoms. The molecule has 2 aromatic rings. The molecule has 3 N–H and O–H groups in total. The molecule has 31 heavy (non-hydrogen) atoms. The van der Waals surface area contributed by atoms with Gasteiger partial charge in [0.15, 0.2) is 6.61 Å². The van der Waals surface area contributed by atoms with Gasteiger partial charge in [0.1, 0.15) is 5.69 Å². The smallest absolute Gasteiger partial charge is 0.355 e. The number of carbonyl (C=O) groups is 4. The Bertz CT molecular complexity index is 1010. The fourth-order valence-corrected chi connectivity index (χ4v) is 3.02. The van der Waals surface area contributed by atoms with Crippen LogP contribution in [0.5, 0.6) is 0 Å².